The maximum atomic E-state index is 12.9. The zero-order chi connectivity index (χ0) is 14.2. The Kier molecular flexibility index (Phi) is 3.27. The summed E-state index contributed by atoms with van der Waals surface area (Å²) in [7, 11) is 0. The van der Waals surface area contributed by atoms with Gasteiger partial charge in [-0.15, -0.1) is 11.3 Å². The molecule has 2 N–H and O–H groups in total. The van der Waals surface area contributed by atoms with Gasteiger partial charge >= 0.3 is 0 Å². The standard InChI is InChI=1S/C15H18N4OS/c20-15(19-10-1-2-11(19)9-16-6-5-10)13-4-3-12(21-13)14-17-7-8-18-14/h3-4,7-8,10-11,16H,1-2,5-6,9H2,(H,17,18)/t10-,11+/m1/s1. The number of nitrogens with zero attached hydrogens (tertiary/aromatic N) is 2. The van der Waals surface area contributed by atoms with Crippen LogP contribution in [0, 0.1) is 0 Å². The van der Waals surface area contributed by atoms with Gasteiger partial charge in [0.1, 0.15) is 5.82 Å². The fraction of sp³-hybridized carbons (Fsp3) is 0.467. The fourth-order valence-corrected chi connectivity index (χ4v) is 4.33. The average Bonchev–Trinajstić information content (AvgIpc) is 3.15. The van der Waals surface area contributed by atoms with Crippen molar-refractivity contribution in [2.75, 3.05) is 13.1 Å². The van der Waals surface area contributed by atoms with Crippen molar-refractivity contribution >= 4 is 17.2 Å². The van der Waals surface area contributed by atoms with Gasteiger partial charge in [0.2, 0.25) is 0 Å². The van der Waals surface area contributed by atoms with Crippen molar-refractivity contribution in [3.63, 3.8) is 0 Å². The van der Waals surface area contributed by atoms with Crippen molar-refractivity contribution in [1.29, 1.82) is 0 Å². The molecule has 4 rings (SSSR count). The lowest BCUT2D eigenvalue weighted by Crippen LogP contribution is -2.42. The van der Waals surface area contributed by atoms with Gasteiger partial charge in [-0.2, -0.15) is 0 Å². The van der Waals surface area contributed by atoms with Gasteiger partial charge < -0.3 is 15.2 Å². The number of H-pyrrole nitrogens is 1. The molecule has 0 spiro atoms. The number of fused-ring (bicyclic) bond motifs is 2. The normalized spacial score (nSPS) is 25.0. The molecule has 0 saturated carbocycles. The molecule has 4 heterocycles. The third-order valence-electron chi connectivity index (χ3n) is 4.44. The van der Waals surface area contributed by atoms with Crippen molar-refractivity contribution in [3.8, 4) is 10.7 Å². The summed E-state index contributed by atoms with van der Waals surface area (Å²) in [5.41, 5.74) is 0. The predicted octanol–water partition coefficient (Wildman–Crippen LogP) is 2.10. The van der Waals surface area contributed by atoms with Crippen LogP contribution < -0.4 is 5.32 Å². The molecule has 1 amide bonds. The van der Waals surface area contributed by atoms with E-state index in [-0.39, 0.29) is 5.91 Å². The molecule has 2 saturated heterocycles. The van der Waals surface area contributed by atoms with E-state index in [9.17, 15) is 4.79 Å². The Bertz CT molecular complexity index is 622. The Hall–Kier alpha value is -1.66. The Morgan fingerprint density at radius 3 is 3.05 bits per heavy atom. The Morgan fingerprint density at radius 1 is 1.29 bits per heavy atom. The maximum Gasteiger partial charge on any atom is 0.264 e. The summed E-state index contributed by atoms with van der Waals surface area (Å²) in [4.78, 5) is 24.2. The highest BCUT2D eigenvalue weighted by Crippen LogP contribution is 2.32. The zero-order valence-electron chi connectivity index (χ0n) is 11.7. The summed E-state index contributed by atoms with van der Waals surface area (Å²) in [6, 6.07) is 4.68. The minimum absolute atomic E-state index is 0.189. The summed E-state index contributed by atoms with van der Waals surface area (Å²) >= 11 is 1.53. The van der Waals surface area contributed by atoms with Crippen molar-refractivity contribution in [2.45, 2.75) is 31.3 Å². The largest absolute Gasteiger partial charge is 0.344 e. The Balaban J connectivity index is 1.60. The molecule has 2 aliphatic rings. The van der Waals surface area contributed by atoms with Crippen LogP contribution in [0.1, 0.15) is 28.9 Å². The maximum absolute atomic E-state index is 12.9. The monoisotopic (exact) mass is 302 g/mol. The topological polar surface area (TPSA) is 61.0 Å². The third kappa shape index (κ3) is 2.28. The molecular formula is C15H18N4OS. The number of thiophene rings is 1. The van der Waals surface area contributed by atoms with Gasteiger partial charge in [-0.1, -0.05) is 0 Å². The molecule has 2 atom stereocenters. The first-order chi connectivity index (χ1) is 10.3. The van der Waals surface area contributed by atoms with E-state index in [4.69, 9.17) is 0 Å². The molecule has 2 fully saturated rings. The van der Waals surface area contributed by atoms with Crippen molar-refractivity contribution in [2.24, 2.45) is 0 Å². The summed E-state index contributed by atoms with van der Waals surface area (Å²) in [5, 5.41) is 3.44. The number of carbonyl (C=O) groups is 1. The number of imidazole rings is 1. The molecule has 2 aliphatic heterocycles. The van der Waals surface area contributed by atoms with E-state index in [1.54, 1.807) is 12.4 Å². The number of nitrogens with one attached hydrogen (secondary N) is 2. The van der Waals surface area contributed by atoms with E-state index >= 15 is 0 Å². The lowest BCUT2D eigenvalue weighted by Gasteiger charge is -2.27. The number of aromatic amines is 1. The molecule has 2 aromatic rings. The third-order valence-corrected chi connectivity index (χ3v) is 5.52. The molecule has 5 nitrogen and oxygen atoms in total. The molecule has 0 aromatic carbocycles. The SMILES string of the molecule is O=C(c1ccc(-c2ncc[nH]2)s1)N1[C@H]2CCNC[C@@H]1CC2. The number of hydrogen-bond donors (Lipinski definition) is 2. The fourth-order valence-electron chi connectivity index (χ4n) is 3.42. The lowest BCUT2D eigenvalue weighted by molar-refractivity contribution is 0.0685. The van der Waals surface area contributed by atoms with Gasteiger partial charge in [-0.25, -0.2) is 4.98 Å². The smallest absolute Gasteiger partial charge is 0.264 e. The summed E-state index contributed by atoms with van der Waals surface area (Å²) in [5.74, 6) is 1.02. The highest BCUT2D eigenvalue weighted by molar-refractivity contribution is 7.17. The first-order valence-corrected chi connectivity index (χ1v) is 8.27. The second kappa shape index (κ2) is 5.27. The average molecular weight is 302 g/mol. The van der Waals surface area contributed by atoms with Crippen LogP contribution in [-0.2, 0) is 0 Å². The van der Waals surface area contributed by atoms with Gasteiger partial charge in [0.25, 0.3) is 5.91 Å². The highest BCUT2D eigenvalue weighted by Gasteiger charge is 2.38. The van der Waals surface area contributed by atoms with Gasteiger partial charge in [-0.05, 0) is 37.9 Å². The van der Waals surface area contributed by atoms with Crippen LogP contribution in [0.5, 0.6) is 0 Å². The van der Waals surface area contributed by atoms with Gasteiger partial charge in [0.05, 0.1) is 9.75 Å². The molecule has 0 radical (unpaired) electrons. The van der Waals surface area contributed by atoms with Gasteiger partial charge in [-0.3, -0.25) is 4.79 Å². The summed E-state index contributed by atoms with van der Waals surface area (Å²) in [6.07, 6.45) is 6.88. The van der Waals surface area contributed by atoms with Crippen LogP contribution in [0.3, 0.4) is 0 Å². The lowest BCUT2D eigenvalue weighted by atomic mass is 10.1. The van der Waals surface area contributed by atoms with Crippen LogP contribution in [0.25, 0.3) is 10.7 Å². The molecule has 0 aliphatic carbocycles. The van der Waals surface area contributed by atoms with Crippen LogP contribution in [-0.4, -0.2) is 45.9 Å². The van der Waals surface area contributed by atoms with Gasteiger partial charge in [0, 0.05) is 31.0 Å². The molecule has 2 bridgehead atoms. The number of amides is 1. The molecule has 0 unspecified atom stereocenters. The van der Waals surface area contributed by atoms with E-state index in [1.165, 1.54) is 11.3 Å². The molecule has 110 valence electrons. The predicted molar refractivity (Wildman–Crippen MR) is 82.4 cm³/mol. The minimum Gasteiger partial charge on any atom is -0.344 e. The van der Waals surface area contributed by atoms with Crippen LogP contribution >= 0.6 is 11.3 Å². The van der Waals surface area contributed by atoms with Crippen molar-refractivity contribution in [3.05, 3.63) is 29.4 Å². The first-order valence-electron chi connectivity index (χ1n) is 7.46. The molecule has 6 heteroatoms. The zero-order valence-corrected chi connectivity index (χ0v) is 12.5. The Morgan fingerprint density at radius 2 is 2.19 bits per heavy atom. The van der Waals surface area contributed by atoms with E-state index in [0.29, 0.717) is 12.1 Å². The van der Waals surface area contributed by atoms with Crippen LogP contribution in [0.15, 0.2) is 24.5 Å². The van der Waals surface area contributed by atoms with E-state index < -0.39 is 0 Å². The minimum atomic E-state index is 0.189. The van der Waals surface area contributed by atoms with Crippen molar-refractivity contribution < 1.29 is 4.79 Å². The quantitative estimate of drug-likeness (QED) is 0.893. The van der Waals surface area contributed by atoms with E-state index in [2.05, 4.69) is 20.2 Å². The number of rotatable bonds is 2. The second-order valence-electron chi connectivity index (χ2n) is 5.69. The van der Waals surface area contributed by atoms with Crippen molar-refractivity contribution in [1.82, 2.24) is 20.2 Å². The van der Waals surface area contributed by atoms with Gasteiger partial charge in [0.15, 0.2) is 0 Å². The second-order valence-corrected chi connectivity index (χ2v) is 6.78. The number of aromatic nitrogens is 2. The Labute approximate surface area is 127 Å². The summed E-state index contributed by atoms with van der Waals surface area (Å²) in [6.45, 7) is 1.95. The van der Waals surface area contributed by atoms with E-state index in [1.807, 2.05) is 12.1 Å². The number of hydrogen-bond acceptors (Lipinski definition) is 4. The number of carbonyl (C=O) groups excluding carboxylic acids is 1. The molecule has 2 aromatic heterocycles. The molecule has 21 heavy (non-hydrogen) atoms. The summed E-state index contributed by atoms with van der Waals surface area (Å²) < 4.78 is 0. The highest BCUT2D eigenvalue weighted by atomic mass is 32.1. The van der Waals surface area contributed by atoms with Crippen LogP contribution in [0.4, 0.5) is 0 Å². The first kappa shape index (κ1) is 13.0. The molecular weight excluding hydrogens is 284 g/mol. The van der Waals surface area contributed by atoms with Crippen LogP contribution in [0.2, 0.25) is 0 Å². The van der Waals surface area contributed by atoms with E-state index in [0.717, 1.165) is 47.9 Å².